The van der Waals surface area contributed by atoms with E-state index in [1.807, 2.05) is 18.2 Å². The maximum Gasteiger partial charge on any atom is 0.407 e. The molecule has 0 unspecified atom stereocenters. The van der Waals surface area contributed by atoms with Crippen LogP contribution in [0.2, 0.25) is 0 Å². The molecule has 10 nitrogen and oxygen atoms in total. The second-order valence-electron chi connectivity index (χ2n) is 9.26. The Kier molecular flexibility index (Phi) is 5.90. The highest BCUT2D eigenvalue weighted by atomic mass is 32.2. The molecule has 3 aliphatic rings. The fourth-order valence-corrected chi connectivity index (χ4v) is 6.61. The molecule has 1 spiro atoms. The number of pyridine rings is 1. The Morgan fingerprint density at radius 3 is 2.82 bits per heavy atom. The van der Waals surface area contributed by atoms with E-state index >= 15 is 0 Å². The average Bonchev–Trinajstić information content (AvgIpc) is 3.43. The molecule has 5 rings (SSSR count). The zero-order valence-corrected chi connectivity index (χ0v) is 19.2. The molecule has 0 radical (unpaired) electrons. The zero-order valence-electron chi connectivity index (χ0n) is 18.4. The van der Waals surface area contributed by atoms with Gasteiger partial charge in [-0.2, -0.15) is 5.10 Å². The van der Waals surface area contributed by atoms with Crippen molar-refractivity contribution in [2.75, 3.05) is 23.4 Å². The number of sulfone groups is 1. The zero-order chi connectivity index (χ0) is 22.9. The fraction of sp³-hybridized carbons (Fsp3) is 0.591. The van der Waals surface area contributed by atoms with Gasteiger partial charge in [0.15, 0.2) is 5.82 Å². The highest BCUT2D eigenvalue weighted by Gasteiger charge is 2.39. The van der Waals surface area contributed by atoms with Gasteiger partial charge in [-0.05, 0) is 51.0 Å². The standard InChI is InChI=1S/C22H29N5O5S/c28-21-25-22(6-10-33(29,30)11-7-22)5-1-9-31-20-13-16(4-8-23-20)24-19-14-18(26-27-19)15-2-3-17(12-15)32-21/h4,8,13-15,17H,1-3,5-7,9-12H2,(H,25,28)(H2,24,26,27)/t15-,17+/m0/s1. The van der Waals surface area contributed by atoms with Crippen LogP contribution in [-0.4, -0.2) is 59.4 Å². The van der Waals surface area contributed by atoms with E-state index in [9.17, 15) is 13.2 Å². The topological polar surface area (TPSA) is 135 Å². The normalized spacial score (nSPS) is 26.7. The maximum atomic E-state index is 12.8. The molecule has 2 aromatic heterocycles. The van der Waals surface area contributed by atoms with Crippen LogP contribution in [0.5, 0.6) is 5.88 Å². The molecule has 3 N–H and O–H groups in total. The van der Waals surface area contributed by atoms with Crippen molar-refractivity contribution in [1.82, 2.24) is 20.5 Å². The third-order valence-corrected chi connectivity index (χ3v) is 8.56. The summed E-state index contributed by atoms with van der Waals surface area (Å²) in [6, 6.07) is 5.66. The number of nitrogens with zero attached hydrogens (tertiary/aromatic N) is 2. The molecule has 2 fully saturated rings. The summed E-state index contributed by atoms with van der Waals surface area (Å²) in [6.45, 7) is 0.401. The second kappa shape index (κ2) is 8.85. The summed E-state index contributed by atoms with van der Waals surface area (Å²) >= 11 is 0. The monoisotopic (exact) mass is 475 g/mol. The van der Waals surface area contributed by atoms with E-state index < -0.39 is 21.5 Å². The van der Waals surface area contributed by atoms with Crippen LogP contribution in [0.15, 0.2) is 24.4 Å². The van der Waals surface area contributed by atoms with E-state index in [1.54, 1.807) is 6.20 Å². The number of aromatic amines is 1. The summed E-state index contributed by atoms with van der Waals surface area (Å²) < 4.78 is 35.6. The summed E-state index contributed by atoms with van der Waals surface area (Å²) in [7, 11) is -3.07. The van der Waals surface area contributed by atoms with Crippen molar-refractivity contribution >= 4 is 27.4 Å². The number of aromatic nitrogens is 3. The van der Waals surface area contributed by atoms with Crippen molar-refractivity contribution < 1.29 is 22.7 Å². The summed E-state index contributed by atoms with van der Waals surface area (Å²) in [4.78, 5) is 17.1. The van der Waals surface area contributed by atoms with Gasteiger partial charge in [0.1, 0.15) is 15.9 Å². The van der Waals surface area contributed by atoms with Crippen molar-refractivity contribution in [3.63, 3.8) is 0 Å². The van der Waals surface area contributed by atoms with Crippen molar-refractivity contribution in [2.45, 2.75) is 62.5 Å². The second-order valence-corrected chi connectivity index (χ2v) is 11.6. The summed E-state index contributed by atoms with van der Waals surface area (Å²) in [5, 5.41) is 13.8. The minimum absolute atomic E-state index is 0.0665. The Bertz CT molecular complexity index is 1100. The van der Waals surface area contributed by atoms with E-state index in [2.05, 4.69) is 25.8 Å². The number of anilines is 2. The molecular weight excluding hydrogens is 446 g/mol. The summed E-state index contributed by atoms with van der Waals surface area (Å²) in [5.74, 6) is 1.56. The molecule has 178 valence electrons. The molecule has 1 saturated carbocycles. The van der Waals surface area contributed by atoms with Crippen molar-refractivity contribution in [1.29, 1.82) is 0 Å². The first-order valence-corrected chi connectivity index (χ1v) is 13.3. The highest BCUT2D eigenvalue weighted by molar-refractivity contribution is 7.91. The molecule has 6 bridgehead atoms. The van der Waals surface area contributed by atoms with Crippen molar-refractivity contribution in [3.8, 4) is 5.88 Å². The number of amides is 1. The van der Waals surface area contributed by atoms with Gasteiger partial charge in [0.05, 0.1) is 18.1 Å². The average molecular weight is 476 g/mol. The number of rotatable bonds is 0. The third-order valence-electron chi connectivity index (χ3n) is 6.90. The first-order chi connectivity index (χ1) is 15.9. The van der Waals surface area contributed by atoms with E-state index in [1.165, 1.54) is 0 Å². The molecule has 11 heteroatoms. The number of fused-ring (bicyclic) bond motifs is 7. The molecule has 2 aliphatic heterocycles. The third kappa shape index (κ3) is 5.23. The summed E-state index contributed by atoms with van der Waals surface area (Å²) in [5.41, 5.74) is 1.22. The fourth-order valence-electron chi connectivity index (χ4n) is 5.00. The SMILES string of the molecule is O=C1NC2(CCCOc3cc(ccn3)Nc3cc([nH]n3)[C@H]3CC[C@H](C3)O1)CCS(=O)(=O)CC2. The minimum atomic E-state index is -3.07. The number of hydrogen-bond donors (Lipinski definition) is 3. The molecular formula is C22H29N5O5S. The van der Waals surface area contributed by atoms with Crippen LogP contribution in [0.1, 0.15) is 56.6 Å². The van der Waals surface area contributed by atoms with Crippen LogP contribution in [0.3, 0.4) is 0 Å². The van der Waals surface area contributed by atoms with Gasteiger partial charge in [-0.25, -0.2) is 18.2 Å². The smallest absolute Gasteiger partial charge is 0.407 e. The maximum absolute atomic E-state index is 12.8. The Labute approximate surface area is 192 Å². The van der Waals surface area contributed by atoms with E-state index in [4.69, 9.17) is 9.47 Å². The molecule has 2 aromatic rings. The number of carbonyl (C=O) groups is 1. The van der Waals surface area contributed by atoms with Crippen LogP contribution in [0, 0.1) is 0 Å². The van der Waals surface area contributed by atoms with Gasteiger partial charge in [-0.15, -0.1) is 0 Å². The van der Waals surface area contributed by atoms with Crippen molar-refractivity contribution in [2.24, 2.45) is 0 Å². The van der Waals surface area contributed by atoms with Gasteiger partial charge < -0.3 is 20.1 Å². The number of carbonyl (C=O) groups excluding carboxylic acids is 1. The molecule has 0 aromatic carbocycles. The molecule has 1 saturated heterocycles. The van der Waals surface area contributed by atoms with Gasteiger partial charge in [0.25, 0.3) is 0 Å². The predicted octanol–water partition coefficient (Wildman–Crippen LogP) is 3.03. The predicted molar refractivity (Wildman–Crippen MR) is 121 cm³/mol. The number of hydrogen-bond acceptors (Lipinski definition) is 8. The Balaban J connectivity index is 1.37. The highest BCUT2D eigenvalue weighted by Crippen LogP contribution is 2.37. The van der Waals surface area contributed by atoms with Gasteiger partial charge in [-0.1, -0.05) is 0 Å². The number of H-pyrrole nitrogens is 1. The first-order valence-electron chi connectivity index (χ1n) is 11.5. The van der Waals surface area contributed by atoms with Crippen LogP contribution in [0.25, 0.3) is 0 Å². The Morgan fingerprint density at radius 2 is 1.97 bits per heavy atom. The molecule has 1 amide bonds. The van der Waals surface area contributed by atoms with Gasteiger partial charge in [0.2, 0.25) is 5.88 Å². The minimum Gasteiger partial charge on any atom is -0.478 e. The van der Waals surface area contributed by atoms with Gasteiger partial charge in [-0.3, -0.25) is 5.10 Å². The molecule has 4 heterocycles. The lowest BCUT2D eigenvalue weighted by atomic mass is 9.87. The van der Waals surface area contributed by atoms with E-state index in [0.717, 1.165) is 30.6 Å². The lowest BCUT2D eigenvalue weighted by Gasteiger charge is -2.38. The number of nitrogens with one attached hydrogen (secondary N) is 3. The molecule has 1 aliphatic carbocycles. The van der Waals surface area contributed by atoms with Crippen molar-refractivity contribution in [3.05, 3.63) is 30.1 Å². The quantitative estimate of drug-likeness (QED) is 0.529. The molecule has 2 atom stereocenters. The van der Waals surface area contributed by atoms with Crippen LogP contribution < -0.4 is 15.4 Å². The van der Waals surface area contributed by atoms with Gasteiger partial charge in [0, 0.05) is 41.2 Å². The van der Waals surface area contributed by atoms with E-state index in [0.29, 0.717) is 44.0 Å². The lowest BCUT2D eigenvalue weighted by Crippen LogP contribution is -2.53. The van der Waals surface area contributed by atoms with Gasteiger partial charge >= 0.3 is 6.09 Å². The van der Waals surface area contributed by atoms with E-state index in [-0.39, 0.29) is 23.5 Å². The number of alkyl carbamates (subject to hydrolysis) is 1. The largest absolute Gasteiger partial charge is 0.478 e. The Hall–Kier alpha value is -2.82. The summed E-state index contributed by atoms with van der Waals surface area (Å²) in [6.07, 6.45) is 5.45. The Morgan fingerprint density at radius 1 is 1.12 bits per heavy atom. The lowest BCUT2D eigenvalue weighted by molar-refractivity contribution is 0.0860. The number of ether oxygens (including phenoxy) is 2. The first kappa shape index (κ1) is 22.0. The van der Waals surface area contributed by atoms with Crippen LogP contribution >= 0.6 is 0 Å². The van der Waals surface area contributed by atoms with Crippen LogP contribution in [-0.2, 0) is 14.6 Å². The molecule has 33 heavy (non-hydrogen) atoms. The van der Waals surface area contributed by atoms with Crippen LogP contribution in [0.4, 0.5) is 16.3 Å².